The van der Waals surface area contributed by atoms with Crippen LogP contribution < -0.4 is 14.8 Å². The maximum Gasteiger partial charge on any atom is 0.251 e. The van der Waals surface area contributed by atoms with Gasteiger partial charge in [0.1, 0.15) is 13.2 Å². The fourth-order valence-corrected chi connectivity index (χ4v) is 3.35. The number of hydrogen-bond acceptors (Lipinski definition) is 5. The summed E-state index contributed by atoms with van der Waals surface area (Å²) in [4.78, 5) is 15.0. The van der Waals surface area contributed by atoms with Crippen molar-refractivity contribution in [3.8, 4) is 11.5 Å². The van der Waals surface area contributed by atoms with Crippen molar-refractivity contribution in [2.75, 3.05) is 46.1 Å². The molecule has 2 aliphatic rings. The van der Waals surface area contributed by atoms with Gasteiger partial charge in [0.05, 0.1) is 13.2 Å². The van der Waals surface area contributed by atoms with Gasteiger partial charge in [-0.25, -0.2) is 0 Å². The fraction of sp³-hybridized carbons (Fsp3) is 0.632. The molecule has 6 nitrogen and oxygen atoms in total. The highest BCUT2D eigenvalue weighted by atomic mass is 16.6. The monoisotopic (exact) mass is 348 g/mol. The van der Waals surface area contributed by atoms with Gasteiger partial charge in [0.25, 0.3) is 5.91 Å². The number of carbonyl (C=O) groups is 1. The summed E-state index contributed by atoms with van der Waals surface area (Å²) in [6.07, 6.45) is 1.06. The molecular formula is C19H28N2O4. The maximum absolute atomic E-state index is 12.6. The molecule has 0 saturated carbocycles. The topological polar surface area (TPSA) is 60.0 Å². The molecule has 0 aliphatic carbocycles. The molecule has 1 unspecified atom stereocenters. The third-order valence-corrected chi connectivity index (χ3v) is 4.61. The quantitative estimate of drug-likeness (QED) is 0.851. The number of ether oxygens (including phenoxy) is 3. The highest BCUT2D eigenvalue weighted by molar-refractivity contribution is 5.94. The summed E-state index contributed by atoms with van der Waals surface area (Å²) in [6.45, 7) is 9.54. The number of rotatable bonds is 6. The Morgan fingerprint density at radius 3 is 2.56 bits per heavy atom. The molecule has 1 amide bonds. The minimum atomic E-state index is -0.0704. The Bertz CT molecular complexity index is 585. The van der Waals surface area contributed by atoms with Crippen molar-refractivity contribution in [2.24, 2.45) is 5.92 Å². The number of nitrogens with zero attached hydrogens (tertiary/aromatic N) is 1. The minimum Gasteiger partial charge on any atom is -0.486 e. The largest absolute Gasteiger partial charge is 0.486 e. The number of nitrogens with one attached hydrogen (secondary N) is 1. The van der Waals surface area contributed by atoms with Crippen molar-refractivity contribution in [1.82, 2.24) is 10.2 Å². The molecule has 1 N–H and O–H groups in total. The average molecular weight is 348 g/mol. The minimum absolute atomic E-state index is 0.0704. The first kappa shape index (κ1) is 18.0. The van der Waals surface area contributed by atoms with Gasteiger partial charge in [-0.3, -0.25) is 9.69 Å². The molecule has 2 heterocycles. The molecule has 138 valence electrons. The summed E-state index contributed by atoms with van der Waals surface area (Å²) in [5.74, 6) is 1.86. The first-order valence-corrected chi connectivity index (χ1v) is 9.13. The van der Waals surface area contributed by atoms with Crippen LogP contribution in [0.15, 0.2) is 18.2 Å². The lowest BCUT2D eigenvalue weighted by molar-refractivity contribution is 0.0124. The number of carbonyl (C=O) groups excluding carboxylic acids is 1. The molecule has 1 aromatic carbocycles. The third-order valence-electron chi connectivity index (χ3n) is 4.61. The second kappa shape index (κ2) is 8.54. The number of amides is 1. The molecule has 0 bridgehead atoms. The molecular weight excluding hydrogens is 320 g/mol. The van der Waals surface area contributed by atoms with Gasteiger partial charge in [-0.05, 0) is 30.5 Å². The van der Waals surface area contributed by atoms with Gasteiger partial charge >= 0.3 is 0 Å². The maximum atomic E-state index is 12.6. The first-order chi connectivity index (χ1) is 12.1. The Morgan fingerprint density at radius 2 is 1.84 bits per heavy atom. The molecule has 2 aliphatic heterocycles. The second-order valence-electron chi connectivity index (χ2n) is 7.00. The van der Waals surface area contributed by atoms with E-state index >= 15 is 0 Å². The van der Waals surface area contributed by atoms with Crippen molar-refractivity contribution in [3.05, 3.63) is 23.8 Å². The molecule has 1 aromatic rings. The van der Waals surface area contributed by atoms with Crippen LogP contribution in [0.25, 0.3) is 0 Å². The van der Waals surface area contributed by atoms with Gasteiger partial charge in [0.15, 0.2) is 11.5 Å². The smallest absolute Gasteiger partial charge is 0.251 e. The van der Waals surface area contributed by atoms with Crippen LogP contribution in [-0.4, -0.2) is 62.9 Å². The van der Waals surface area contributed by atoms with Crippen LogP contribution >= 0.6 is 0 Å². The second-order valence-corrected chi connectivity index (χ2v) is 7.00. The van der Waals surface area contributed by atoms with Crippen LogP contribution in [0, 0.1) is 5.92 Å². The van der Waals surface area contributed by atoms with Gasteiger partial charge in [-0.15, -0.1) is 0 Å². The van der Waals surface area contributed by atoms with E-state index in [1.807, 2.05) is 0 Å². The highest BCUT2D eigenvalue weighted by Crippen LogP contribution is 2.30. The van der Waals surface area contributed by atoms with E-state index in [0.717, 1.165) is 32.7 Å². The first-order valence-electron chi connectivity index (χ1n) is 9.13. The predicted molar refractivity (Wildman–Crippen MR) is 95.4 cm³/mol. The average Bonchev–Trinajstić information content (AvgIpc) is 2.65. The molecule has 1 atom stereocenters. The molecule has 0 radical (unpaired) electrons. The zero-order chi connectivity index (χ0) is 17.6. The van der Waals surface area contributed by atoms with Crippen LogP contribution in [-0.2, 0) is 4.74 Å². The molecule has 1 fully saturated rings. The van der Waals surface area contributed by atoms with Crippen molar-refractivity contribution in [1.29, 1.82) is 0 Å². The Morgan fingerprint density at radius 1 is 1.12 bits per heavy atom. The fourth-order valence-electron chi connectivity index (χ4n) is 3.35. The SMILES string of the molecule is CC(C)CC(CNC(=O)c1ccc2c(c1)OCCO2)N1CCOCC1. The van der Waals surface area contributed by atoms with Gasteiger partial charge < -0.3 is 19.5 Å². The lowest BCUT2D eigenvalue weighted by Crippen LogP contribution is -2.49. The van der Waals surface area contributed by atoms with E-state index in [1.165, 1.54) is 0 Å². The van der Waals surface area contributed by atoms with Crippen molar-refractivity contribution in [2.45, 2.75) is 26.3 Å². The Kier molecular flexibility index (Phi) is 6.15. The summed E-state index contributed by atoms with van der Waals surface area (Å²) in [5, 5.41) is 3.09. The van der Waals surface area contributed by atoms with E-state index in [4.69, 9.17) is 14.2 Å². The van der Waals surface area contributed by atoms with Crippen LogP contribution in [0.3, 0.4) is 0 Å². The summed E-state index contributed by atoms with van der Waals surface area (Å²) in [7, 11) is 0. The molecule has 1 saturated heterocycles. The van der Waals surface area contributed by atoms with Gasteiger partial charge in [-0.2, -0.15) is 0 Å². The Hall–Kier alpha value is -1.79. The lowest BCUT2D eigenvalue weighted by atomic mass is 10.0. The summed E-state index contributed by atoms with van der Waals surface area (Å²) in [6, 6.07) is 5.69. The Labute approximate surface area is 149 Å². The van der Waals surface area contributed by atoms with Crippen molar-refractivity contribution >= 4 is 5.91 Å². The number of morpholine rings is 1. The van der Waals surface area contributed by atoms with Gasteiger partial charge in [0.2, 0.25) is 0 Å². The lowest BCUT2D eigenvalue weighted by Gasteiger charge is -2.35. The van der Waals surface area contributed by atoms with E-state index in [0.29, 0.717) is 48.8 Å². The summed E-state index contributed by atoms with van der Waals surface area (Å²) >= 11 is 0. The Balaban J connectivity index is 1.60. The van der Waals surface area contributed by atoms with Crippen molar-refractivity contribution < 1.29 is 19.0 Å². The molecule has 0 spiro atoms. The normalized spacial score (nSPS) is 18.8. The van der Waals surface area contributed by atoms with Crippen LogP contribution in [0.5, 0.6) is 11.5 Å². The number of benzene rings is 1. The summed E-state index contributed by atoms with van der Waals surface area (Å²) in [5.41, 5.74) is 0.606. The molecule has 6 heteroatoms. The van der Waals surface area contributed by atoms with Crippen LogP contribution in [0.2, 0.25) is 0 Å². The standard InChI is InChI=1S/C19H28N2O4/c1-14(2)11-16(21-5-7-23-8-6-21)13-20-19(22)15-3-4-17-18(12-15)25-10-9-24-17/h3-4,12,14,16H,5-11,13H2,1-2H3,(H,20,22). The van der Waals surface area contributed by atoms with Gasteiger partial charge in [0, 0.05) is 31.2 Å². The van der Waals surface area contributed by atoms with E-state index in [9.17, 15) is 4.79 Å². The molecule has 25 heavy (non-hydrogen) atoms. The molecule has 0 aromatic heterocycles. The zero-order valence-corrected chi connectivity index (χ0v) is 15.1. The third kappa shape index (κ3) is 4.86. The van der Waals surface area contributed by atoms with Crippen LogP contribution in [0.1, 0.15) is 30.6 Å². The highest BCUT2D eigenvalue weighted by Gasteiger charge is 2.23. The number of hydrogen-bond donors (Lipinski definition) is 1. The predicted octanol–water partition coefficient (Wildman–Crippen LogP) is 1.93. The van der Waals surface area contributed by atoms with E-state index < -0.39 is 0 Å². The summed E-state index contributed by atoms with van der Waals surface area (Å²) < 4.78 is 16.5. The van der Waals surface area contributed by atoms with E-state index in [2.05, 4.69) is 24.1 Å². The number of fused-ring (bicyclic) bond motifs is 1. The van der Waals surface area contributed by atoms with Crippen molar-refractivity contribution in [3.63, 3.8) is 0 Å². The van der Waals surface area contributed by atoms with E-state index in [-0.39, 0.29) is 5.91 Å². The van der Waals surface area contributed by atoms with E-state index in [1.54, 1.807) is 18.2 Å². The van der Waals surface area contributed by atoms with Crippen LogP contribution in [0.4, 0.5) is 0 Å². The molecule has 3 rings (SSSR count). The van der Waals surface area contributed by atoms with Gasteiger partial charge in [-0.1, -0.05) is 13.8 Å². The zero-order valence-electron chi connectivity index (χ0n) is 15.1.